The van der Waals surface area contributed by atoms with Crippen LogP contribution in [0.15, 0.2) is 65.7 Å². The van der Waals surface area contributed by atoms with Gasteiger partial charge in [-0.05, 0) is 31.5 Å². The van der Waals surface area contributed by atoms with Crippen molar-refractivity contribution in [2.24, 2.45) is 12.0 Å². The molecule has 0 saturated carbocycles. The first kappa shape index (κ1) is 24.7. The maximum Gasteiger partial charge on any atom is 0.229 e. The van der Waals surface area contributed by atoms with Crippen LogP contribution in [-0.4, -0.2) is 39.2 Å². The summed E-state index contributed by atoms with van der Waals surface area (Å²) in [7, 11) is 1.93. The molecule has 0 radical (unpaired) electrons. The number of hydrogen-bond acceptors (Lipinski definition) is 4. The molecule has 0 spiro atoms. The molecule has 2 unspecified atom stereocenters. The number of carbonyl (C=O) groups excluding carboxylic acids is 1. The number of rotatable bonds is 6. The van der Waals surface area contributed by atoms with Gasteiger partial charge in [0, 0.05) is 25.7 Å². The van der Waals surface area contributed by atoms with Gasteiger partial charge in [-0.15, -0.1) is 34.2 Å². The molecule has 1 saturated heterocycles. The van der Waals surface area contributed by atoms with Crippen LogP contribution in [0.2, 0.25) is 0 Å². The van der Waals surface area contributed by atoms with Crippen molar-refractivity contribution >= 4 is 41.5 Å². The van der Waals surface area contributed by atoms with Gasteiger partial charge in [0.15, 0.2) is 11.8 Å². The number of nitrogens with one attached hydrogen (secondary N) is 2. The maximum atomic E-state index is 12.6. The molecule has 3 aromatic rings. The lowest BCUT2D eigenvalue weighted by Gasteiger charge is -2.22. The summed E-state index contributed by atoms with van der Waals surface area (Å²) in [6.45, 7) is 4.98. The lowest BCUT2D eigenvalue weighted by atomic mass is 10.1. The number of para-hydroxylation sites is 1. The highest BCUT2D eigenvalue weighted by Crippen LogP contribution is 2.21. The van der Waals surface area contributed by atoms with Crippen LogP contribution in [0.25, 0.3) is 0 Å². The van der Waals surface area contributed by atoms with Crippen LogP contribution in [0.5, 0.6) is 0 Å². The van der Waals surface area contributed by atoms with Gasteiger partial charge in [0.05, 0.1) is 12.1 Å². The molecule has 2 aromatic carbocycles. The first-order valence-corrected chi connectivity index (χ1v) is 10.8. The van der Waals surface area contributed by atoms with Crippen molar-refractivity contribution in [3.8, 4) is 0 Å². The lowest BCUT2D eigenvalue weighted by molar-refractivity contribution is -0.117. The summed E-state index contributed by atoms with van der Waals surface area (Å²) in [5.41, 5.74) is 2.07. The Morgan fingerprint density at radius 3 is 2.42 bits per heavy atom. The summed E-state index contributed by atoms with van der Waals surface area (Å²) < 4.78 is 1.93. The maximum absolute atomic E-state index is 12.6. The molecule has 8 nitrogen and oxygen atoms in total. The van der Waals surface area contributed by atoms with Crippen molar-refractivity contribution in [3.05, 3.63) is 77.9 Å². The third kappa shape index (κ3) is 6.10. The molecule has 1 aliphatic rings. The van der Waals surface area contributed by atoms with Crippen molar-refractivity contribution in [2.75, 3.05) is 11.4 Å². The minimum absolute atomic E-state index is 0. The molecule has 1 fully saturated rings. The van der Waals surface area contributed by atoms with Gasteiger partial charge >= 0.3 is 0 Å². The number of hydrogen-bond donors (Lipinski definition) is 2. The normalized spacial score (nSPS) is 16.9. The van der Waals surface area contributed by atoms with E-state index in [4.69, 9.17) is 4.99 Å². The summed E-state index contributed by atoms with van der Waals surface area (Å²) in [4.78, 5) is 19.2. The minimum atomic E-state index is -0.0434. The molecular weight excluding hydrogens is 529 g/mol. The van der Waals surface area contributed by atoms with E-state index in [1.165, 1.54) is 0 Å². The van der Waals surface area contributed by atoms with Crippen molar-refractivity contribution in [2.45, 2.75) is 38.9 Å². The Labute approximate surface area is 211 Å². The molecule has 0 bridgehead atoms. The van der Waals surface area contributed by atoms with E-state index in [9.17, 15) is 4.79 Å². The number of carbonyl (C=O) groups is 1. The average Bonchev–Trinajstić information content (AvgIpc) is 3.34. The van der Waals surface area contributed by atoms with E-state index in [1.54, 1.807) is 0 Å². The summed E-state index contributed by atoms with van der Waals surface area (Å²) in [6.07, 6.45) is 0.415. The molecule has 2 heterocycles. The van der Waals surface area contributed by atoms with E-state index < -0.39 is 0 Å². The van der Waals surface area contributed by atoms with Gasteiger partial charge < -0.3 is 20.1 Å². The smallest absolute Gasteiger partial charge is 0.229 e. The van der Waals surface area contributed by atoms with Gasteiger partial charge in [-0.2, -0.15) is 0 Å². The Kier molecular flexibility index (Phi) is 8.43. The molecule has 9 heteroatoms. The largest absolute Gasteiger partial charge is 0.351 e. The summed E-state index contributed by atoms with van der Waals surface area (Å²) >= 11 is 0. The Hall–Kier alpha value is -2.95. The van der Waals surface area contributed by atoms with Gasteiger partial charge in [0.25, 0.3) is 0 Å². The molecular formula is C24H30IN7O. The fraction of sp³-hybridized carbons (Fsp3) is 0.333. The third-order valence-corrected chi connectivity index (χ3v) is 5.75. The summed E-state index contributed by atoms with van der Waals surface area (Å²) in [5.74, 6) is 2.38. The van der Waals surface area contributed by atoms with Gasteiger partial charge in [0.2, 0.25) is 5.91 Å². The van der Waals surface area contributed by atoms with Crippen LogP contribution in [0.4, 0.5) is 5.69 Å². The number of anilines is 1. The zero-order chi connectivity index (χ0) is 22.5. The molecule has 33 heavy (non-hydrogen) atoms. The lowest BCUT2D eigenvalue weighted by Crippen LogP contribution is -2.45. The van der Waals surface area contributed by atoms with E-state index in [2.05, 4.69) is 39.9 Å². The first-order valence-electron chi connectivity index (χ1n) is 10.8. The number of guanidine groups is 1. The molecule has 1 amide bonds. The molecule has 2 atom stereocenters. The number of benzene rings is 2. The van der Waals surface area contributed by atoms with Gasteiger partial charge in [-0.1, -0.05) is 48.5 Å². The predicted molar refractivity (Wildman–Crippen MR) is 141 cm³/mol. The van der Waals surface area contributed by atoms with Crippen LogP contribution in [-0.2, 0) is 18.4 Å². The molecule has 1 aliphatic heterocycles. The van der Waals surface area contributed by atoms with Crippen molar-refractivity contribution < 1.29 is 4.79 Å². The van der Waals surface area contributed by atoms with E-state index in [1.807, 2.05) is 72.0 Å². The molecule has 174 valence electrons. The number of aryl methyl sites for hydroxylation is 1. The fourth-order valence-electron chi connectivity index (χ4n) is 3.76. The number of nitrogens with zero attached hydrogens (tertiary/aromatic N) is 5. The van der Waals surface area contributed by atoms with Gasteiger partial charge in [0.1, 0.15) is 12.4 Å². The molecule has 0 aliphatic carbocycles. The molecule has 4 rings (SSSR count). The Balaban J connectivity index is 0.00000306. The quantitative estimate of drug-likeness (QED) is 0.275. The van der Waals surface area contributed by atoms with Crippen molar-refractivity contribution in [3.63, 3.8) is 0 Å². The molecule has 1 aromatic heterocycles. The number of aromatic nitrogens is 3. The highest BCUT2D eigenvalue weighted by molar-refractivity contribution is 14.0. The second-order valence-corrected chi connectivity index (χ2v) is 8.05. The SMILES string of the molecule is Cc1nnc(CN=C(NC2CC(=O)N(c3ccccc3)C2)NC(C)c2ccccc2)n1C.I. The van der Waals surface area contributed by atoms with Gasteiger partial charge in [-0.3, -0.25) is 4.79 Å². The predicted octanol–water partition coefficient (Wildman–Crippen LogP) is 3.34. The first-order chi connectivity index (χ1) is 15.5. The second-order valence-electron chi connectivity index (χ2n) is 8.05. The van der Waals surface area contributed by atoms with Crippen LogP contribution in [0.3, 0.4) is 0 Å². The fourth-order valence-corrected chi connectivity index (χ4v) is 3.76. The molecule has 2 N–H and O–H groups in total. The zero-order valence-electron chi connectivity index (χ0n) is 19.1. The Bertz CT molecular complexity index is 1080. The van der Waals surface area contributed by atoms with E-state index in [-0.39, 0.29) is 42.0 Å². The minimum Gasteiger partial charge on any atom is -0.351 e. The van der Waals surface area contributed by atoms with Crippen LogP contribution >= 0.6 is 24.0 Å². The number of halogens is 1. The van der Waals surface area contributed by atoms with E-state index in [0.717, 1.165) is 22.9 Å². The van der Waals surface area contributed by atoms with Crippen LogP contribution < -0.4 is 15.5 Å². The third-order valence-electron chi connectivity index (χ3n) is 5.75. The number of amides is 1. The van der Waals surface area contributed by atoms with Crippen molar-refractivity contribution in [1.82, 2.24) is 25.4 Å². The van der Waals surface area contributed by atoms with Crippen LogP contribution in [0, 0.1) is 6.92 Å². The van der Waals surface area contributed by atoms with E-state index in [0.29, 0.717) is 25.5 Å². The summed E-state index contributed by atoms with van der Waals surface area (Å²) in [5, 5.41) is 15.3. The Morgan fingerprint density at radius 2 is 1.79 bits per heavy atom. The highest BCUT2D eigenvalue weighted by Gasteiger charge is 2.31. The standard InChI is InChI=1S/C24H29N7O.HI/c1-17(19-10-6-4-7-11-19)26-24(25-15-22-29-28-18(2)30(22)3)27-20-14-23(32)31(16-20)21-12-8-5-9-13-21;/h4-13,17,20H,14-16H2,1-3H3,(H2,25,26,27);1H. The number of aliphatic imine (C=N–C) groups is 1. The monoisotopic (exact) mass is 559 g/mol. The zero-order valence-corrected chi connectivity index (χ0v) is 21.4. The highest BCUT2D eigenvalue weighted by atomic mass is 127. The van der Waals surface area contributed by atoms with Crippen LogP contribution in [0.1, 0.15) is 36.6 Å². The Morgan fingerprint density at radius 1 is 1.12 bits per heavy atom. The topological polar surface area (TPSA) is 87.4 Å². The summed E-state index contributed by atoms with van der Waals surface area (Å²) in [6, 6.07) is 20.0. The van der Waals surface area contributed by atoms with Gasteiger partial charge in [-0.25, -0.2) is 4.99 Å². The van der Waals surface area contributed by atoms with Crippen molar-refractivity contribution in [1.29, 1.82) is 0 Å². The average molecular weight is 559 g/mol. The van der Waals surface area contributed by atoms with E-state index >= 15 is 0 Å². The second kappa shape index (κ2) is 11.3.